The quantitative estimate of drug-likeness (QED) is 0.595. The molecule has 2 aliphatic rings. The van der Waals surface area contributed by atoms with Gasteiger partial charge in [0.05, 0.1) is 6.04 Å². The molecule has 0 bridgehead atoms. The van der Waals surface area contributed by atoms with Crippen molar-refractivity contribution in [3.63, 3.8) is 0 Å². The lowest BCUT2D eigenvalue weighted by atomic mass is 9.79. The second-order valence-corrected chi connectivity index (χ2v) is 8.10. The van der Waals surface area contributed by atoms with Crippen LogP contribution < -0.4 is 14.4 Å². The second-order valence-electron chi connectivity index (χ2n) is 7.72. The van der Waals surface area contributed by atoms with Crippen molar-refractivity contribution < 1.29 is 24.2 Å². The SMILES string of the molecule is Cc1cc(N2C(=O)c3ccccc3C(C(=O)O)C2c2ccc3c(c2)OCCO3)cc(Cl)n1. The summed E-state index contributed by atoms with van der Waals surface area (Å²) in [5.41, 5.74) is 2.53. The van der Waals surface area contributed by atoms with E-state index in [4.69, 9.17) is 21.1 Å². The lowest BCUT2D eigenvalue weighted by Crippen LogP contribution is -2.45. The Balaban J connectivity index is 1.76. The number of hydrogen-bond acceptors (Lipinski definition) is 5. The molecule has 2 unspecified atom stereocenters. The van der Waals surface area contributed by atoms with Crippen LogP contribution in [-0.2, 0) is 4.79 Å². The van der Waals surface area contributed by atoms with E-state index >= 15 is 0 Å². The van der Waals surface area contributed by atoms with Crippen molar-refractivity contribution in [3.8, 4) is 11.5 Å². The van der Waals surface area contributed by atoms with Crippen LogP contribution in [0.3, 0.4) is 0 Å². The average molecular weight is 451 g/mol. The molecule has 7 nitrogen and oxygen atoms in total. The highest BCUT2D eigenvalue weighted by Crippen LogP contribution is 2.47. The number of pyridine rings is 1. The molecule has 8 heteroatoms. The van der Waals surface area contributed by atoms with E-state index in [1.807, 2.05) is 0 Å². The first kappa shape index (κ1) is 20.3. The Morgan fingerprint density at radius 1 is 1.09 bits per heavy atom. The van der Waals surface area contributed by atoms with Crippen LogP contribution >= 0.6 is 11.6 Å². The first-order chi connectivity index (χ1) is 15.4. The second kappa shape index (κ2) is 7.84. The van der Waals surface area contributed by atoms with E-state index < -0.39 is 17.9 Å². The highest BCUT2D eigenvalue weighted by Gasteiger charge is 2.45. The third-order valence-electron chi connectivity index (χ3n) is 5.70. The fraction of sp³-hybridized carbons (Fsp3) is 0.208. The molecular formula is C24H19ClN2O5. The fourth-order valence-corrected chi connectivity index (χ4v) is 4.66. The summed E-state index contributed by atoms with van der Waals surface area (Å²) in [4.78, 5) is 31.9. The zero-order valence-electron chi connectivity index (χ0n) is 17.1. The number of fused-ring (bicyclic) bond motifs is 2. The van der Waals surface area contributed by atoms with E-state index in [-0.39, 0.29) is 11.1 Å². The van der Waals surface area contributed by atoms with Gasteiger partial charge in [0.1, 0.15) is 24.3 Å². The molecule has 1 amide bonds. The number of carbonyl (C=O) groups excluding carboxylic acids is 1. The average Bonchev–Trinajstić information content (AvgIpc) is 2.77. The summed E-state index contributed by atoms with van der Waals surface area (Å²) < 4.78 is 11.3. The Morgan fingerprint density at radius 3 is 2.59 bits per heavy atom. The highest BCUT2D eigenvalue weighted by atomic mass is 35.5. The van der Waals surface area contributed by atoms with Crippen LogP contribution in [-0.4, -0.2) is 35.2 Å². The number of carboxylic acid groups (broad SMARTS) is 1. The smallest absolute Gasteiger partial charge is 0.313 e. The Hall–Kier alpha value is -3.58. The third kappa shape index (κ3) is 3.35. The summed E-state index contributed by atoms with van der Waals surface area (Å²) in [6.07, 6.45) is 0. The van der Waals surface area contributed by atoms with Crippen molar-refractivity contribution in [2.45, 2.75) is 18.9 Å². The van der Waals surface area contributed by atoms with Crippen LogP contribution in [0.1, 0.15) is 39.1 Å². The van der Waals surface area contributed by atoms with Gasteiger partial charge in [-0.15, -0.1) is 0 Å². The molecule has 2 aliphatic heterocycles. The van der Waals surface area contributed by atoms with Crippen LogP contribution in [0.2, 0.25) is 5.15 Å². The molecule has 0 saturated carbocycles. The van der Waals surface area contributed by atoms with Gasteiger partial charge in [-0.1, -0.05) is 35.9 Å². The number of carbonyl (C=O) groups is 2. The number of aliphatic carboxylic acids is 1. The van der Waals surface area contributed by atoms with Crippen LogP contribution in [0.5, 0.6) is 11.5 Å². The highest BCUT2D eigenvalue weighted by molar-refractivity contribution is 6.29. The topological polar surface area (TPSA) is 89.0 Å². The van der Waals surface area contributed by atoms with Gasteiger partial charge in [-0.05, 0) is 48.4 Å². The van der Waals surface area contributed by atoms with Gasteiger partial charge >= 0.3 is 5.97 Å². The summed E-state index contributed by atoms with van der Waals surface area (Å²) >= 11 is 6.20. The predicted molar refractivity (Wildman–Crippen MR) is 118 cm³/mol. The van der Waals surface area contributed by atoms with Crippen LogP contribution in [0.4, 0.5) is 5.69 Å². The monoisotopic (exact) mass is 450 g/mol. The molecule has 2 atom stereocenters. The van der Waals surface area contributed by atoms with E-state index in [1.54, 1.807) is 61.5 Å². The Bertz CT molecular complexity index is 1220. The van der Waals surface area contributed by atoms with Crippen molar-refractivity contribution in [3.05, 3.63) is 82.1 Å². The maximum atomic E-state index is 13.7. The number of carboxylic acids is 1. The zero-order chi connectivity index (χ0) is 22.4. The van der Waals surface area contributed by atoms with E-state index in [0.717, 1.165) is 0 Å². The number of anilines is 1. The standard InChI is InChI=1S/C24H19ClN2O5/c1-13-10-15(12-20(25)26-13)27-22(14-6-7-18-19(11-14)32-9-8-31-18)21(24(29)30)16-4-2-3-5-17(16)23(27)28/h2-7,10-12,21-22H,8-9H2,1H3,(H,29,30). The summed E-state index contributed by atoms with van der Waals surface area (Å²) in [5, 5.41) is 10.5. The summed E-state index contributed by atoms with van der Waals surface area (Å²) in [6.45, 7) is 2.61. The molecule has 0 radical (unpaired) electrons. The fourth-order valence-electron chi connectivity index (χ4n) is 4.42. The predicted octanol–water partition coefficient (Wildman–Crippen LogP) is 4.38. The first-order valence-corrected chi connectivity index (χ1v) is 10.5. The van der Waals surface area contributed by atoms with Gasteiger partial charge < -0.3 is 14.6 Å². The van der Waals surface area contributed by atoms with Gasteiger partial charge in [-0.2, -0.15) is 0 Å². The molecule has 162 valence electrons. The number of halogens is 1. The number of ether oxygens (including phenoxy) is 2. The zero-order valence-corrected chi connectivity index (χ0v) is 17.9. The molecule has 1 N–H and O–H groups in total. The minimum Gasteiger partial charge on any atom is -0.486 e. The number of amides is 1. The molecule has 5 rings (SSSR count). The maximum absolute atomic E-state index is 13.7. The normalized spacial score (nSPS) is 19.4. The lowest BCUT2D eigenvalue weighted by molar-refractivity contribution is -0.139. The number of aromatic nitrogens is 1. The van der Waals surface area contributed by atoms with E-state index in [9.17, 15) is 14.7 Å². The summed E-state index contributed by atoms with van der Waals surface area (Å²) in [5.74, 6) is -1.23. The Labute approximate surface area is 189 Å². The van der Waals surface area contributed by atoms with E-state index in [0.29, 0.717) is 52.8 Å². The molecule has 1 aromatic heterocycles. The van der Waals surface area contributed by atoms with E-state index in [1.165, 1.54) is 4.90 Å². The minimum atomic E-state index is -1.04. The third-order valence-corrected chi connectivity index (χ3v) is 5.89. The van der Waals surface area contributed by atoms with Crippen molar-refractivity contribution >= 4 is 29.2 Å². The molecule has 0 fully saturated rings. The molecule has 2 aromatic carbocycles. The molecule has 32 heavy (non-hydrogen) atoms. The van der Waals surface area contributed by atoms with Crippen LogP contribution in [0.15, 0.2) is 54.6 Å². The Kier molecular flexibility index (Phi) is 4.98. The Morgan fingerprint density at radius 2 is 1.84 bits per heavy atom. The molecule has 0 saturated heterocycles. The van der Waals surface area contributed by atoms with Crippen molar-refractivity contribution in [1.82, 2.24) is 4.98 Å². The minimum absolute atomic E-state index is 0.222. The lowest BCUT2D eigenvalue weighted by Gasteiger charge is -2.41. The number of rotatable bonds is 3. The summed E-state index contributed by atoms with van der Waals surface area (Å²) in [6, 6.07) is 14.5. The van der Waals surface area contributed by atoms with Gasteiger partial charge in [0.15, 0.2) is 11.5 Å². The number of benzene rings is 2. The molecule has 3 heterocycles. The number of nitrogens with zero attached hydrogens (tertiary/aromatic N) is 2. The van der Waals surface area contributed by atoms with Crippen molar-refractivity contribution in [1.29, 1.82) is 0 Å². The van der Waals surface area contributed by atoms with Gasteiger partial charge in [0, 0.05) is 16.9 Å². The van der Waals surface area contributed by atoms with Gasteiger partial charge in [0.2, 0.25) is 0 Å². The van der Waals surface area contributed by atoms with Gasteiger partial charge in [-0.25, -0.2) is 4.98 Å². The summed E-state index contributed by atoms with van der Waals surface area (Å²) in [7, 11) is 0. The van der Waals surface area contributed by atoms with Crippen molar-refractivity contribution in [2.75, 3.05) is 18.1 Å². The molecular weight excluding hydrogens is 432 g/mol. The first-order valence-electron chi connectivity index (χ1n) is 10.1. The van der Waals surface area contributed by atoms with Crippen molar-refractivity contribution in [2.24, 2.45) is 0 Å². The molecule has 0 spiro atoms. The number of hydrogen-bond donors (Lipinski definition) is 1. The van der Waals surface area contributed by atoms with Crippen LogP contribution in [0.25, 0.3) is 0 Å². The van der Waals surface area contributed by atoms with Crippen LogP contribution in [0, 0.1) is 6.92 Å². The maximum Gasteiger partial charge on any atom is 0.313 e. The molecule has 0 aliphatic carbocycles. The van der Waals surface area contributed by atoms with Gasteiger partial charge in [0.25, 0.3) is 5.91 Å². The van der Waals surface area contributed by atoms with E-state index in [2.05, 4.69) is 4.98 Å². The number of aryl methyl sites for hydroxylation is 1. The molecule has 3 aromatic rings. The largest absolute Gasteiger partial charge is 0.486 e. The van der Waals surface area contributed by atoms with Gasteiger partial charge in [-0.3, -0.25) is 14.5 Å².